The third-order valence-electron chi connectivity index (χ3n) is 3.17. The number of likely N-dealkylation sites (tertiary alicyclic amines) is 1. The van der Waals surface area contributed by atoms with Crippen molar-refractivity contribution in [1.82, 2.24) is 4.90 Å². The van der Waals surface area contributed by atoms with Gasteiger partial charge in [-0.2, -0.15) is 5.26 Å². The number of amides is 1. The second-order valence-electron chi connectivity index (χ2n) is 4.63. The zero-order chi connectivity index (χ0) is 15.2. The maximum absolute atomic E-state index is 12.1. The number of para-hydroxylation sites is 2. The van der Waals surface area contributed by atoms with E-state index in [0.717, 1.165) is 25.9 Å². The number of rotatable bonds is 4. The summed E-state index contributed by atoms with van der Waals surface area (Å²) < 4.78 is 0. The molecule has 108 valence electrons. The molecular weight excluding hydrogens is 272 g/mol. The Labute approximate surface area is 121 Å². The van der Waals surface area contributed by atoms with E-state index in [1.807, 2.05) is 11.0 Å². The van der Waals surface area contributed by atoms with Gasteiger partial charge in [0.2, 0.25) is 0 Å². The lowest BCUT2D eigenvalue weighted by atomic mass is 10.2. The Bertz CT molecular complexity index is 627. The fraction of sp³-hybridized carbons (Fsp3) is 0.286. The number of nitrogens with one attached hydrogen (secondary N) is 1. The first kappa shape index (κ1) is 14.5. The average molecular weight is 286 g/mol. The van der Waals surface area contributed by atoms with Crippen LogP contribution in [0.3, 0.4) is 0 Å². The van der Waals surface area contributed by atoms with E-state index in [9.17, 15) is 14.9 Å². The number of carbonyl (C=O) groups is 1. The molecule has 0 spiro atoms. The minimum Gasteiger partial charge on any atom is -0.376 e. The Morgan fingerprint density at radius 3 is 2.67 bits per heavy atom. The van der Waals surface area contributed by atoms with Crippen molar-refractivity contribution in [3.63, 3.8) is 0 Å². The Balaban J connectivity index is 2.17. The highest BCUT2D eigenvalue weighted by molar-refractivity contribution is 6.07. The number of nitrogens with zero attached hydrogens (tertiary/aromatic N) is 3. The van der Waals surface area contributed by atoms with E-state index in [1.54, 1.807) is 6.07 Å². The molecular formula is C14H14N4O3. The van der Waals surface area contributed by atoms with Gasteiger partial charge >= 0.3 is 0 Å². The first-order chi connectivity index (χ1) is 10.1. The number of hydrogen-bond acceptors (Lipinski definition) is 5. The van der Waals surface area contributed by atoms with Crippen LogP contribution in [-0.4, -0.2) is 28.8 Å². The second-order valence-corrected chi connectivity index (χ2v) is 4.63. The van der Waals surface area contributed by atoms with Gasteiger partial charge in [-0.3, -0.25) is 14.9 Å². The van der Waals surface area contributed by atoms with E-state index in [2.05, 4.69) is 5.32 Å². The number of carbonyl (C=O) groups excluding carboxylic acids is 1. The van der Waals surface area contributed by atoms with Crippen LogP contribution in [0.5, 0.6) is 0 Å². The van der Waals surface area contributed by atoms with Crippen LogP contribution in [0.15, 0.2) is 36.0 Å². The van der Waals surface area contributed by atoms with Gasteiger partial charge in [0.25, 0.3) is 11.6 Å². The Morgan fingerprint density at radius 1 is 1.38 bits per heavy atom. The molecule has 0 aromatic heterocycles. The molecule has 1 N–H and O–H groups in total. The molecule has 0 aliphatic carbocycles. The Hall–Kier alpha value is -2.88. The van der Waals surface area contributed by atoms with Gasteiger partial charge in [-0.1, -0.05) is 12.1 Å². The van der Waals surface area contributed by atoms with Crippen molar-refractivity contribution >= 4 is 17.3 Å². The summed E-state index contributed by atoms with van der Waals surface area (Å²) in [6.07, 6.45) is 3.57. The highest BCUT2D eigenvalue weighted by atomic mass is 16.6. The van der Waals surface area contributed by atoms with Crippen molar-refractivity contribution in [3.05, 3.63) is 46.2 Å². The SMILES string of the molecule is N#C/C(=C/N1CCCC1)C(=O)Nc1ccccc1[N+](=O)[O-]. The predicted molar refractivity (Wildman–Crippen MR) is 76.2 cm³/mol. The number of hydrogen-bond donors (Lipinski definition) is 1. The predicted octanol–water partition coefficient (Wildman–Crippen LogP) is 2.04. The molecule has 0 radical (unpaired) electrons. The van der Waals surface area contributed by atoms with Crippen molar-refractivity contribution in [2.75, 3.05) is 18.4 Å². The van der Waals surface area contributed by atoms with Gasteiger partial charge in [-0.25, -0.2) is 0 Å². The molecule has 1 aromatic rings. The largest absolute Gasteiger partial charge is 0.376 e. The monoisotopic (exact) mass is 286 g/mol. The maximum atomic E-state index is 12.1. The van der Waals surface area contributed by atoms with Crippen LogP contribution in [0.25, 0.3) is 0 Å². The summed E-state index contributed by atoms with van der Waals surface area (Å²) in [6, 6.07) is 7.66. The van der Waals surface area contributed by atoms with Gasteiger partial charge < -0.3 is 10.2 Å². The summed E-state index contributed by atoms with van der Waals surface area (Å²) in [5, 5.41) is 22.4. The molecule has 1 saturated heterocycles. The van der Waals surface area contributed by atoms with Gasteiger partial charge in [-0.15, -0.1) is 0 Å². The van der Waals surface area contributed by atoms with Crippen LogP contribution in [0.1, 0.15) is 12.8 Å². The van der Waals surface area contributed by atoms with Crippen molar-refractivity contribution in [2.24, 2.45) is 0 Å². The maximum Gasteiger partial charge on any atom is 0.292 e. The first-order valence-electron chi connectivity index (χ1n) is 6.52. The average Bonchev–Trinajstić information content (AvgIpc) is 2.98. The number of nitriles is 1. The molecule has 1 heterocycles. The summed E-state index contributed by atoms with van der Waals surface area (Å²) >= 11 is 0. The van der Waals surface area contributed by atoms with E-state index in [1.165, 1.54) is 24.4 Å². The zero-order valence-corrected chi connectivity index (χ0v) is 11.3. The van der Waals surface area contributed by atoms with Crippen LogP contribution >= 0.6 is 0 Å². The van der Waals surface area contributed by atoms with Crippen molar-refractivity contribution < 1.29 is 9.72 Å². The van der Waals surface area contributed by atoms with Crippen LogP contribution in [0.2, 0.25) is 0 Å². The minimum atomic E-state index is -0.640. The standard InChI is InChI=1S/C14H14N4O3/c15-9-11(10-17-7-3-4-8-17)14(19)16-12-5-1-2-6-13(12)18(20)21/h1-2,5-6,10H,3-4,7-8H2,(H,16,19)/b11-10-. The number of nitro groups is 1. The molecule has 21 heavy (non-hydrogen) atoms. The highest BCUT2D eigenvalue weighted by Gasteiger charge is 2.18. The molecule has 1 aromatic carbocycles. The quantitative estimate of drug-likeness (QED) is 0.395. The molecule has 2 rings (SSSR count). The van der Waals surface area contributed by atoms with Crippen LogP contribution in [-0.2, 0) is 4.79 Å². The van der Waals surface area contributed by atoms with Crippen LogP contribution < -0.4 is 5.32 Å². The second kappa shape index (κ2) is 6.52. The molecule has 1 fully saturated rings. The van der Waals surface area contributed by atoms with Crippen molar-refractivity contribution in [1.29, 1.82) is 5.26 Å². The highest BCUT2D eigenvalue weighted by Crippen LogP contribution is 2.23. The van der Waals surface area contributed by atoms with Crippen LogP contribution in [0, 0.1) is 21.4 Å². The summed E-state index contributed by atoms with van der Waals surface area (Å²) in [4.78, 5) is 24.3. The molecule has 0 saturated carbocycles. The first-order valence-corrected chi connectivity index (χ1v) is 6.52. The van der Waals surface area contributed by atoms with Gasteiger partial charge in [0, 0.05) is 25.4 Å². The number of benzene rings is 1. The van der Waals surface area contributed by atoms with E-state index < -0.39 is 10.8 Å². The Morgan fingerprint density at radius 2 is 2.05 bits per heavy atom. The topological polar surface area (TPSA) is 99.3 Å². The lowest BCUT2D eigenvalue weighted by Gasteiger charge is -2.12. The summed E-state index contributed by atoms with van der Waals surface area (Å²) in [7, 11) is 0. The molecule has 0 unspecified atom stereocenters. The zero-order valence-electron chi connectivity index (χ0n) is 11.3. The fourth-order valence-corrected chi connectivity index (χ4v) is 2.12. The normalized spacial score (nSPS) is 14.6. The third kappa shape index (κ3) is 3.57. The van der Waals surface area contributed by atoms with Gasteiger partial charge in [0.15, 0.2) is 0 Å². The minimum absolute atomic E-state index is 0.0601. The van der Waals surface area contributed by atoms with Crippen molar-refractivity contribution in [2.45, 2.75) is 12.8 Å². The fourth-order valence-electron chi connectivity index (χ4n) is 2.12. The van der Waals surface area contributed by atoms with E-state index >= 15 is 0 Å². The number of nitro benzene ring substituents is 1. The molecule has 7 heteroatoms. The summed E-state index contributed by atoms with van der Waals surface area (Å²) in [5.41, 5.74) is -0.186. The van der Waals surface area contributed by atoms with Crippen LogP contribution in [0.4, 0.5) is 11.4 Å². The molecule has 1 aliphatic rings. The van der Waals surface area contributed by atoms with E-state index in [4.69, 9.17) is 5.26 Å². The van der Waals surface area contributed by atoms with E-state index in [0.29, 0.717) is 0 Å². The summed E-state index contributed by atoms with van der Waals surface area (Å²) in [5.74, 6) is -0.640. The third-order valence-corrected chi connectivity index (χ3v) is 3.17. The molecule has 7 nitrogen and oxygen atoms in total. The molecule has 1 aliphatic heterocycles. The van der Waals surface area contributed by atoms with E-state index in [-0.39, 0.29) is 16.9 Å². The summed E-state index contributed by atoms with van der Waals surface area (Å²) in [6.45, 7) is 1.62. The molecule has 1 amide bonds. The molecule has 0 atom stereocenters. The lowest BCUT2D eigenvalue weighted by molar-refractivity contribution is -0.383. The van der Waals surface area contributed by atoms with Gasteiger partial charge in [-0.05, 0) is 18.9 Å². The number of anilines is 1. The lowest BCUT2D eigenvalue weighted by Crippen LogP contribution is -2.19. The Kier molecular flexibility index (Phi) is 4.51. The smallest absolute Gasteiger partial charge is 0.292 e. The van der Waals surface area contributed by atoms with Gasteiger partial charge in [0.05, 0.1) is 4.92 Å². The van der Waals surface area contributed by atoms with Crippen molar-refractivity contribution in [3.8, 4) is 6.07 Å². The molecule has 0 bridgehead atoms. The van der Waals surface area contributed by atoms with Gasteiger partial charge in [0.1, 0.15) is 17.3 Å².